The first-order valence-electron chi connectivity index (χ1n) is 3.14. The number of methoxy groups -OCH3 is 1. The van der Waals surface area contributed by atoms with Crippen molar-refractivity contribution in [2.24, 2.45) is 0 Å². The molecule has 0 rings (SSSR count). The molecular weight excluding hydrogens is 152 g/mol. The van der Waals surface area contributed by atoms with Gasteiger partial charge in [0, 0.05) is 0 Å². The van der Waals surface area contributed by atoms with Crippen LogP contribution in [0, 0.1) is 0 Å². The van der Waals surface area contributed by atoms with Crippen LogP contribution < -0.4 is 0 Å². The number of aliphatic hydroxyl groups excluding tert-OH is 2. The number of carbonyl (C=O) groups excluding carboxylic acids is 1. The first kappa shape index (κ1) is 10.3. The number of aliphatic hydroxyl groups is 2. The lowest BCUT2D eigenvalue weighted by Crippen LogP contribution is -2.22. The molecule has 1 unspecified atom stereocenters. The summed E-state index contributed by atoms with van der Waals surface area (Å²) in [4.78, 5) is 10.4. The van der Waals surface area contributed by atoms with E-state index in [0.717, 1.165) is 0 Å². The van der Waals surface area contributed by atoms with Crippen molar-refractivity contribution in [3.05, 3.63) is 0 Å². The first-order valence-corrected chi connectivity index (χ1v) is 3.14. The molecule has 1 atom stereocenters. The number of rotatable bonds is 5. The summed E-state index contributed by atoms with van der Waals surface area (Å²) in [5.74, 6) is -0.505. The highest BCUT2D eigenvalue weighted by Gasteiger charge is 2.04. The van der Waals surface area contributed by atoms with Gasteiger partial charge in [0.05, 0.1) is 20.3 Å². The van der Waals surface area contributed by atoms with E-state index in [-0.39, 0.29) is 19.8 Å². The van der Waals surface area contributed by atoms with Crippen LogP contribution in [-0.2, 0) is 14.3 Å². The topological polar surface area (TPSA) is 76.0 Å². The van der Waals surface area contributed by atoms with E-state index in [2.05, 4.69) is 9.47 Å². The molecule has 2 N–H and O–H groups in total. The third kappa shape index (κ3) is 5.78. The summed E-state index contributed by atoms with van der Waals surface area (Å²) in [6.45, 7) is -0.639. The minimum absolute atomic E-state index is 0.0639. The van der Waals surface area contributed by atoms with Crippen LogP contribution in [0.1, 0.15) is 0 Å². The minimum atomic E-state index is -0.931. The largest absolute Gasteiger partial charge is 0.467 e. The minimum Gasteiger partial charge on any atom is -0.467 e. The molecule has 5 nitrogen and oxygen atoms in total. The van der Waals surface area contributed by atoms with Gasteiger partial charge in [0.15, 0.2) is 0 Å². The smallest absolute Gasteiger partial charge is 0.331 e. The summed E-state index contributed by atoms with van der Waals surface area (Å²) in [6.07, 6.45) is -0.931. The van der Waals surface area contributed by atoms with Gasteiger partial charge in [0.1, 0.15) is 12.7 Å². The van der Waals surface area contributed by atoms with Crippen LogP contribution in [0.3, 0.4) is 0 Å². The van der Waals surface area contributed by atoms with Crippen molar-refractivity contribution in [1.29, 1.82) is 0 Å². The second-order valence-electron chi connectivity index (χ2n) is 1.93. The third-order valence-electron chi connectivity index (χ3n) is 0.969. The maximum absolute atomic E-state index is 10.4. The van der Waals surface area contributed by atoms with E-state index in [9.17, 15) is 4.79 Å². The van der Waals surface area contributed by atoms with Crippen molar-refractivity contribution >= 4 is 5.97 Å². The quantitative estimate of drug-likeness (QED) is 0.485. The SMILES string of the molecule is COC(=O)COCC(O)CO. The molecule has 0 saturated heterocycles. The number of carbonyl (C=O) groups is 1. The van der Waals surface area contributed by atoms with Crippen molar-refractivity contribution in [1.82, 2.24) is 0 Å². The second-order valence-corrected chi connectivity index (χ2v) is 1.93. The molecule has 0 spiro atoms. The summed E-state index contributed by atoms with van der Waals surface area (Å²) >= 11 is 0. The number of hydrogen-bond donors (Lipinski definition) is 2. The molecule has 0 aliphatic rings. The van der Waals surface area contributed by atoms with Crippen molar-refractivity contribution in [2.75, 3.05) is 26.9 Å². The fourth-order valence-corrected chi connectivity index (χ4v) is 0.390. The number of ether oxygens (including phenoxy) is 2. The predicted molar refractivity (Wildman–Crippen MR) is 35.9 cm³/mol. The van der Waals surface area contributed by atoms with Crippen LogP contribution in [0.5, 0.6) is 0 Å². The Bertz CT molecular complexity index is 114. The van der Waals surface area contributed by atoms with Gasteiger partial charge >= 0.3 is 5.97 Å². The summed E-state index contributed by atoms with van der Waals surface area (Å²) in [7, 11) is 1.24. The highest BCUT2D eigenvalue weighted by Crippen LogP contribution is 1.84. The average Bonchev–Trinajstić information content (AvgIpc) is 2.04. The van der Waals surface area contributed by atoms with Crippen LogP contribution >= 0.6 is 0 Å². The second kappa shape index (κ2) is 6.09. The lowest BCUT2D eigenvalue weighted by atomic mass is 10.4. The zero-order chi connectivity index (χ0) is 8.69. The predicted octanol–water partition coefficient (Wildman–Crippen LogP) is -1.47. The van der Waals surface area contributed by atoms with E-state index in [4.69, 9.17) is 10.2 Å². The maximum Gasteiger partial charge on any atom is 0.331 e. The zero-order valence-corrected chi connectivity index (χ0v) is 6.32. The summed E-state index contributed by atoms with van der Waals surface area (Å²) in [5.41, 5.74) is 0. The van der Waals surface area contributed by atoms with E-state index >= 15 is 0 Å². The van der Waals surface area contributed by atoms with Crippen molar-refractivity contribution in [3.8, 4) is 0 Å². The van der Waals surface area contributed by atoms with E-state index in [1.165, 1.54) is 7.11 Å². The Morgan fingerprint density at radius 3 is 2.73 bits per heavy atom. The molecule has 0 aromatic rings. The molecule has 0 fully saturated rings. The Balaban J connectivity index is 3.20. The zero-order valence-electron chi connectivity index (χ0n) is 6.32. The fourth-order valence-electron chi connectivity index (χ4n) is 0.390. The third-order valence-corrected chi connectivity index (χ3v) is 0.969. The maximum atomic E-state index is 10.4. The Kier molecular flexibility index (Phi) is 5.73. The lowest BCUT2D eigenvalue weighted by Gasteiger charge is -2.06. The first-order chi connectivity index (χ1) is 5.20. The van der Waals surface area contributed by atoms with Crippen molar-refractivity contribution in [3.63, 3.8) is 0 Å². The summed E-state index contributed by atoms with van der Waals surface area (Å²) < 4.78 is 8.91. The van der Waals surface area contributed by atoms with Gasteiger partial charge < -0.3 is 19.7 Å². The van der Waals surface area contributed by atoms with Gasteiger partial charge in [-0.25, -0.2) is 4.79 Å². The highest BCUT2D eigenvalue weighted by atomic mass is 16.6. The van der Waals surface area contributed by atoms with Crippen molar-refractivity contribution < 1.29 is 24.5 Å². The fraction of sp³-hybridized carbons (Fsp3) is 0.833. The molecule has 0 amide bonds. The van der Waals surface area contributed by atoms with Crippen LogP contribution in [0.25, 0.3) is 0 Å². The van der Waals surface area contributed by atoms with Crippen molar-refractivity contribution in [2.45, 2.75) is 6.10 Å². The van der Waals surface area contributed by atoms with Gasteiger partial charge in [-0.15, -0.1) is 0 Å². The van der Waals surface area contributed by atoms with Gasteiger partial charge in [-0.3, -0.25) is 0 Å². The molecule has 0 saturated carbocycles. The van der Waals surface area contributed by atoms with Gasteiger partial charge in [-0.2, -0.15) is 0 Å². The molecule has 0 heterocycles. The molecule has 0 aromatic heterocycles. The lowest BCUT2D eigenvalue weighted by molar-refractivity contribution is -0.147. The normalized spacial score (nSPS) is 12.6. The van der Waals surface area contributed by atoms with Gasteiger partial charge in [-0.1, -0.05) is 0 Å². The van der Waals surface area contributed by atoms with Gasteiger partial charge in [-0.05, 0) is 0 Å². The summed E-state index contributed by atoms with van der Waals surface area (Å²) in [5, 5.41) is 17.0. The van der Waals surface area contributed by atoms with Gasteiger partial charge in [0.25, 0.3) is 0 Å². The molecule has 0 aliphatic heterocycles. The molecule has 11 heavy (non-hydrogen) atoms. The highest BCUT2D eigenvalue weighted by molar-refractivity contribution is 5.70. The van der Waals surface area contributed by atoms with Gasteiger partial charge in [0.2, 0.25) is 0 Å². The molecule has 66 valence electrons. The van der Waals surface area contributed by atoms with E-state index in [0.29, 0.717) is 0 Å². The van der Waals surface area contributed by atoms with E-state index < -0.39 is 12.1 Å². The Labute approximate surface area is 64.5 Å². The summed E-state index contributed by atoms with van der Waals surface area (Å²) in [6, 6.07) is 0. The Morgan fingerprint density at radius 1 is 1.64 bits per heavy atom. The molecule has 0 radical (unpaired) electrons. The van der Waals surface area contributed by atoms with Crippen LogP contribution in [0.15, 0.2) is 0 Å². The standard InChI is InChI=1S/C6H12O5/c1-10-6(9)4-11-3-5(8)2-7/h5,7-8H,2-4H2,1H3. The number of hydrogen-bond acceptors (Lipinski definition) is 5. The molecule has 5 heteroatoms. The molecule has 0 aliphatic carbocycles. The van der Waals surface area contributed by atoms with E-state index in [1.807, 2.05) is 0 Å². The Morgan fingerprint density at radius 2 is 2.27 bits per heavy atom. The van der Waals surface area contributed by atoms with Crippen LogP contribution in [0.4, 0.5) is 0 Å². The molecular formula is C6H12O5. The molecule has 0 bridgehead atoms. The number of esters is 1. The van der Waals surface area contributed by atoms with Crippen LogP contribution in [0.2, 0.25) is 0 Å². The van der Waals surface area contributed by atoms with Crippen LogP contribution in [-0.4, -0.2) is 49.2 Å². The van der Waals surface area contributed by atoms with E-state index in [1.54, 1.807) is 0 Å². The molecule has 0 aromatic carbocycles. The average molecular weight is 164 g/mol. The Hall–Kier alpha value is -0.650. The monoisotopic (exact) mass is 164 g/mol.